The number of hydrogen-bond donors (Lipinski definition) is 2. The highest BCUT2D eigenvalue weighted by molar-refractivity contribution is 6.30. The maximum absolute atomic E-state index is 12.6. The van der Waals surface area contributed by atoms with E-state index < -0.39 is 18.7 Å². The van der Waals surface area contributed by atoms with Crippen molar-refractivity contribution in [2.24, 2.45) is 5.92 Å². The monoisotopic (exact) mass is 443 g/mol. The number of pyridine rings is 1. The first-order chi connectivity index (χ1) is 14.2. The molecule has 0 atom stereocenters. The fourth-order valence-corrected chi connectivity index (χ4v) is 3.24. The fraction of sp³-hybridized carbons (Fsp3) is 0.400. The molecule has 30 heavy (non-hydrogen) atoms. The van der Waals surface area contributed by atoms with E-state index in [2.05, 4.69) is 10.4 Å². The molecule has 0 unspecified atom stereocenters. The second-order valence-electron chi connectivity index (χ2n) is 7.04. The van der Waals surface area contributed by atoms with E-state index in [0.29, 0.717) is 23.7 Å². The van der Waals surface area contributed by atoms with Crippen molar-refractivity contribution in [1.29, 1.82) is 0 Å². The van der Waals surface area contributed by atoms with E-state index in [1.54, 1.807) is 29.3 Å². The molecule has 10 heteroatoms. The Morgan fingerprint density at radius 3 is 2.53 bits per heavy atom. The molecule has 1 aliphatic rings. The number of nitrogens with one attached hydrogen (secondary N) is 1. The van der Waals surface area contributed by atoms with Gasteiger partial charge < -0.3 is 9.84 Å². The van der Waals surface area contributed by atoms with Crippen LogP contribution in [0, 0.1) is 5.92 Å². The van der Waals surface area contributed by atoms with Crippen LogP contribution >= 0.6 is 11.6 Å². The minimum absolute atomic E-state index is 0.121. The van der Waals surface area contributed by atoms with Crippen LogP contribution in [-0.2, 0) is 0 Å². The number of carbonyl (C=O) groups excluding carboxylic acids is 1. The number of alkyl halides is 3. The molecular weight excluding hydrogens is 423 g/mol. The van der Waals surface area contributed by atoms with Crippen molar-refractivity contribution >= 4 is 17.5 Å². The van der Waals surface area contributed by atoms with Crippen LogP contribution in [0.4, 0.5) is 13.2 Å². The average molecular weight is 444 g/mol. The predicted molar refractivity (Wildman–Crippen MR) is 105 cm³/mol. The molecule has 162 valence electrons. The second kappa shape index (κ2) is 9.63. The van der Waals surface area contributed by atoms with Crippen LogP contribution in [0.15, 0.2) is 36.5 Å². The van der Waals surface area contributed by atoms with Crippen LogP contribution in [0.1, 0.15) is 23.2 Å². The number of nitrogens with zero attached hydrogens (tertiary/aromatic N) is 2. The summed E-state index contributed by atoms with van der Waals surface area (Å²) in [6.45, 7) is -0.177. The smallest absolute Gasteiger partial charge is 0.422 e. The van der Waals surface area contributed by atoms with Gasteiger partial charge in [0.15, 0.2) is 6.61 Å². The van der Waals surface area contributed by atoms with Crippen LogP contribution in [0.2, 0.25) is 5.02 Å². The van der Waals surface area contributed by atoms with Crippen LogP contribution in [0.3, 0.4) is 0 Å². The van der Waals surface area contributed by atoms with Crippen molar-refractivity contribution in [1.82, 2.24) is 15.4 Å². The molecule has 1 amide bonds. The van der Waals surface area contributed by atoms with E-state index in [1.807, 2.05) is 0 Å². The molecule has 1 saturated heterocycles. The molecule has 2 N–H and O–H groups in total. The summed E-state index contributed by atoms with van der Waals surface area (Å²) in [7, 11) is 0. The third kappa shape index (κ3) is 6.07. The topological polar surface area (TPSA) is 74.7 Å². The molecule has 1 fully saturated rings. The summed E-state index contributed by atoms with van der Waals surface area (Å²) in [5.74, 6) is -0.432. The van der Waals surface area contributed by atoms with Crippen molar-refractivity contribution < 1.29 is 27.8 Å². The third-order valence-corrected chi connectivity index (χ3v) is 5.03. The van der Waals surface area contributed by atoms with Gasteiger partial charge >= 0.3 is 6.18 Å². The highest BCUT2D eigenvalue weighted by Crippen LogP contribution is 2.31. The lowest BCUT2D eigenvalue weighted by molar-refractivity contribution is -0.154. The largest absolute Gasteiger partial charge is 0.468 e. The number of aliphatic hydroxyl groups excluding tert-OH is 1. The number of ether oxygens (including phenoxy) is 1. The van der Waals surface area contributed by atoms with Crippen LogP contribution in [0.5, 0.6) is 5.88 Å². The Labute approximate surface area is 176 Å². The van der Waals surface area contributed by atoms with Gasteiger partial charge in [0.1, 0.15) is 0 Å². The normalized spacial score (nSPS) is 15.8. The molecule has 3 rings (SSSR count). The number of aliphatic hydroxyl groups is 1. The van der Waals surface area contributed by atoms with Crippen LogP contribution < -0.4 is 10.2 Å². The van der Waals surface area contributed by atoms with E-state index >= 15 is 0 Å². The first-order valence-corrected chi connectivity index (χ1v) is 9.75. The zero-order chi connectivity index (χ0) is 21.7. The van der Waals surface area contributed by atoms with Crippen molar-refractivity contribution in [3.8, 4) is 17.0 Å². The molecule has 2 heterocycles. The van der Waals surface area contributed by atoms with Crippen molar-refractivity contribution in [2.75, 3.05) is 26.3 Å². The van der Waals surface area contributed by atoms with Crippen molar-refractivity contribution in [3.63, 3.8) is 0 Å². The Morgan fingerprint density at radius 2 is 1.93 bits per heavy atom. The Hall–Kier alpha value is -2.36. The lowest BCUT2D eigenvalue weighted by atomic mass is 9.99. The molecule has 0 radical (unpaired) electrons. The summed E-state index contributed by atoms with van der Waals surface area (Å²) in [5.41, 5.74) is 3.73. The highest BCUT2D eigenvalue weighted by atomic mass is 35.5. The lowest BCUT2D eigenvalue weighted by Gasteiger charge is -2.31. The van der Waals surface area contributed by atoms with Gasteiger partial charge in [0.05, 0.1) is 5.56 Å². The minimum atomic E-state index is -4.52. The first-order valence-electron chi connectivity index (χ1n) is 9.37. The van der Waals surface area contributed by atoms with E-state index in [1.165, 1.54) is 12.3 Å². The van der Waals surface area contributed by atoms with Crippen LogP contribution in [0.25, 0.3) is 11.1 Å². The molecule has 6 nitrogen and oxygen atoms in total. The number of halogens is 4. The summed E-state index contributed by atoms with van der Waals surface area (Å²) in [6, 6.07) is 7.84. The molecule has 0 bridgehead atoms. The zero-order valence-corrected chi connectivity index (χ0v) is 16.7. The average Bonchev–Trinajstić information content (AvgIpc) is 2.73. The van der Waals surface area contributed by atoms with Gasteiger partial charge in [0.25, 0.3) is 5.91 Å². The van der Waals surface area contributed by atoms with E-state index in [9.17, 15) is 23.1 Å². The maximum Gasteiger partial charge on any atom is 0.422 e. The molecular formula is C20H21ClF3N3O3. The number of rotatable bonds is 6. The number of hydrogen-bond acceptors (Lipinski definition) is 5. The quantitative estimate of drug-likeness (QED) is 0.712. The Morgan fingerprint density at radius 1 is 1.27 bits per heavy atom. The molecule has 1 aromatic carbocycles. The van der Waals surface area contributed by atoms with Gasteiger partial charge in [-0.15, -0.1) is 0 Å². The number of carbonyl (C=O) groups is 1. The third-order valence-electron chi connectivity index (χ3n) is 4.77. The summed E-state index contributed by atoms with van der Waals surface area (Å²) in [6.07, 6.45) is -1.82. The van der Waals surface area contributed by atoms with E-state index in [-0.39, 0.29) is 29.5 Å². The zero-order valence-electron chi connectivity index (χ0n) is 16.0. The summed E-state index contributed by atoms with van der Waals surface area (Å²) in [4.78, 5) is 16.6. The summed E-state index contributed by atoms with van der Waals surface area (Å²) in [5, 5.41) is 11.4. The van der Waals surface area contributed by atoms with E-state index in [4.69, 9.17) is 16.3 Å². The van der Waals surface area contributed by atoms with Crippen molar-refractivity contribution in [3.05, 3.63) is 47.1 Å². The predicted octanol–water partition coefficient (Wildman–Crippen LogP) is 3.69. The van der Waals surface area contributed by atoms with Gasteiger partial charge in [-0.2, -0.15) is 13.2 Å². The molecule has 1 aliphatic heterocycles. The van der Waals surface area contributed by atoms with Gasteiger partial charge in [-0.1, -0.05) is 23.7 Å². The minimum Gasteiger partial charge on any atom is -0.468 e. The molecule has 0 spiro atoms. The molecule has 1 aromatic heterocycles. The molecule has 2 aromatic rings. The van der Waals surface area contributed by atoms with Gasteiger partial charge in [-0.25, -0.2) is 9.99 Å². The Kier molecular flexibility index (Phi) is 7.17. The molecule has 0 aliphatic carbocycles. The standard InChI is InChI=1S/C20H21ClF3N3O3/c21-16-3-1-14(2-4-16)17-9-15(10-25-19(17)30-12-20(22,23)24)18(29)26-27-7-5-13(11-28)6-8-27/h1-4,9-10,13,28H,5-8,11-12H2,(H,26,29). The number of benzene rings is 1. The van der Waals surface area contributed by atoms with E-state index in [0.717, 1.165) is 12.8 Å². The van der Waals surface area contributed by atoms with Gasteiger partial charge in [0.2, 0.25) is 5.88 Å². The van der Waals surface area contributed by atoms with Gasteiger partial charge in [-0.3, -0.25) is 10.2 Å². The number of aromatic nitrogens is 1. The Balaban J connectivity index is 1.80. The SMILES string of the molecule is O=C(NN1CCC(CO)CC1)c1cnc(OCC(F)(F)F)c(-c2ccc(Cl)cc2)c1. The highest BCUT2D eigenvalue weighted by Gasteiger charge is 2.29. The molecule has 0 saturated carbocycles. The Bertz CT molecular complexity index is 870. The fourth-order valence-electron chi connectivity index (χ4n) is 3.11. The van der Waals surface area contributed by atoms with Crippen LogP contribution in [-0.4, -0.2) is 53.5 Å². The van der Waals surface area contributed by atoms with Gasteiger partial charge in [0, 0.05) is 36.5 Å². The summed E-state index contributed by atoms with van der Waals surface area (Å²) >= 11 is 5.89. The summed E-state index contributed by atoms with van der Waals surface area (Å²) < 4.78 is 42.6. The number of hydrazine groups is 1. The second-order valence-corrected chi connectivity index (χ2v) is 7.48. The first kappa shape index (κ1) is 22.3. The van der Waals surface area contributed by atoms with Crippen molar-refractivity contribution in [2.45, 2.75) is 19.0 Å². The lowest BCUT2D eigenvalue weighted by Crippen LogP contribution is -2.47. The maximum atomic E-state index is 12.6. The van der Waals surface area contributed by atoms with Gasteiger partial charge in [-0.05, 0) is 42.5 Å². The number of amides is 1. The number of piperidine rings is 1.